The standard InChI is InChI=1S/C15H17N5O2S2/c1-19(2)24(21,22)12-6-4-5-11(7-12)9-23-15-13-8-18-20(3)14(13)16-10-17-15/h4-8,10H,9H2,1-3H3. The van der Waals surface area contributed by atoms with E-state index in [1.165, 1.54) is 36.5 Å². The average Bonchev–Trinajstić information content (AvgIpc) is 2.95. The molecule has 0 saturated heterocycles. The molecule has 0 saturated carbocycles. The molecule has 0 atom stereocenters. The number of aryl methyl sites for hydroxylation is 1. The first kappa shape index (κ1) is 16.9. The van der Waals surface area contributed by atoms with Gasteiger partial charge in [-0.05, 0) is 17.7 Å². The third-order valence-electron chi connectivity index (χ3n) is 3.55. The summed E-state index contributed by atoms with van der Waals surface area (Å²) >= 11 is 1.53. The maximum atomic E-state index is 12.2. The lowest BCUT2D eigenvalue weighted by atomic mass is 10.2. The molecule has 9 heteroatoms. The first-order valence-corrected chi connectivity index (χ1v) is 9.59. The molecule has 0 unspecified atom stereocenters. The normalized spacial score (nSPS) is 12.2. The molecule has 0 N–H and O–H groups in total. The number of aromatic nitrogens is 4. The molecule has 3 aromatic rings. The van der Waals surface area contributed by atoms with E-state index in [1.54, 1.807) is 29.1 Å². The van der Waals surface area contributed by atoms with Crippen LogP contribution in [0.25, 0.3) is 11.0 Å². The summed E-state index contributed by atoms with van der Waals surface area (Å²) in [6, 6.07) is 6.96. The van der Waals surface area contributed by atoms with Crippen molar-refractivity contribution in [2.45, 2.75) is 15.7 Å². The van der Waals surface area contributed by atoms with Crippen molar-refractivity contribution < 1.29 is 8.42 Å². The molecule has 126 valence electrons. The van der Waals surface area contributed by atoms with Crippen LogP contribution < -0.4 is 0 Å². The molecule has 0 bridgehead atoms. The first-order chi connectivity index (χ1) is 11.4. The van der Waals surface area contributed by atoms with Gasteiger partial charge in [-0.1, -0.05) is 12.1 Å². The Hall–Kier alpha value is -1.97. The van der Waals surface area contributed by atoms with Crippen LogP contribution in [-0.2, 0) is 22.8 Å². The molecule has 0 amide bonds. The number of hydrogen-bond acceptors (Lipinski definition) is 6. The number of nitrogens with zero attached hydrogens (tertiary/aromatic N) is 5. The number of benzene rings is 1. The van der Waals surface area contributed by atoms with E-state index in [4.69, 9.17) is 0 Å². The van der Waals surface area contributed by atoms with Crippen molar-refractivity contribution in [3.05, 3.63) is 42.4 Å². The molecule has 0 aliphatic rings. The molecule has 3 rings (SSSR count). The number of rotatable bonds is 5. The van der Waals surface area contributed by atoms with Crippen LogP contribution in [0.1, 0.15) is 5.56 Å². The van der Waals surface area contributed by atoms with Gasteiger partial charge in [0.25, 0.3) is 0 Å². The van der Waals surface area contributed by atoms with Crippen molar-refractivity contribution in [1.82, 2.24) is 24.1 Å². The fraction of sp³-hybridized carbons (Fsp3) is 0.267. The minimum Gasteiger partial charge on any atom is -0.250 e. The van der Waals surface area contributed by atoms with Gasteiger partial charge in [0.2, 0.25) is 10.0 Å². The van der Waals surface area contributed by atoms with E-state index in [0.717, 1.165) is 21.6 Å². The van der Waals surface area contributed by atoms with E-state index in [9.17, 15) is 8.42 Å². The number of hydrogen-bond donors (Lipinski definition) is 0. The molecule has 2 aromatic heterocycles. The van der Waals surface area contributed by atoms with Crippen LogP contribution in [0.15, 0.2) is 46.7 Å². The molecule has 1 aromatic carbocycles. The van der Waals surface area contributed by atoms with Crippen molar-refractivity contribution in [1.29, 1.82) is 0 Å². The van der Waals surface area contributed by atoms with Gasteiger partial charge < -0.3 is 0 Å². The summed E-state index contributed by atoms with van der Waals surface area (Å²) < 4.78 is 27.4. The van der Waals surface area contributed by atoms with Crippen molar-refractivity contribution in [3.63, 3.8) is 0 Å². The molecule has 0 spiro atoms. The second-order valence-electron chi connectivity index (χ2n) is 5.41. The van der Waals surface area contributed by atoms with E-state index < -0.39 is 10.0 Å². The number of thioether (sulfide) groups is 1. The van der Waals surface area contributed by atoms with Gasteiger partial charge >= 0.3 is 0 Å². The van der Waals surface area contributed by atoms with Crippen molar-refractivity contribution in [3.8, 4) is 0 Å². The maximum Gasteiger partial charge on any atom is 0.242 e. The Balaban J connectivity index is 1.85. The summed E-state index contributed by atoms with van der Waals surface area (Å²) in [6.45, 7) is 0. The van der Waals surface area contributed by atoms with Gasteiger partial charge in [-0.25, -0.2) is 22.7 Å². The number of fused-ring (bicyclic) bond motifs is 1. The Morgan fingerprint density at radius 1 is 1.25 bits per heavy atom. The van der Waals surface area contributed by atoms with Crippen molar-refractivity contribution in [2.24, 2.45) is 7.05 Å². The fourth-order valence-corrected chi connectivity index (χ4v) is 4.09. The second kappa shape index (κ2) is 6.50. The molecule has 0 aliphatic heterocycles. The lowest BCUT2D eigenvalue weighted by molar-refractivity contribution is 0.520. The largest absolute Gasteiger partial charge is 0.250 e. The Morgan fingerprint density at radius 3 is 2.79 bits per heavy atom. The summed E-state index contributed by atoms with van der Waals surface area (Å²) in [5.41, 5.74) is 1.69. The predicted octanol–water partition coefficient (Wildman–Crippen LogP) is 1.91. The molecule has 7 nitrogen and oxygen atoms in total. The highest BCUT2D eigenvalue weighted by atomic mass is 32.2. The third-order valence-corrected chi connectivity index (χ3v) is 6.43. The van der Waals surface area contributed by atoms with E-state index in [1.807, 2.05) is 13.1 Å². The van der Waals surface area contributed by atoms with Crippen LogP contribution in [0.5, 0.6) is 0 Å². The monoisotopic (exact) mass is 363 g/mol. The first-order valence-electron chi connectivity index (χ1n) is 7.16. The molecule has 0 aliphatic carbocycles. The maximum absolute atomic E-state index is 12.2. The van der Waals surface area contributed by atoms with E-state index in [-0.39, 0.29) is 0 Å². The highest BCUT2D eigenvalue weighted by molar-refractivity contribution is 7.98. The van der Waals surface area contributed by atoms with Crippen LogP contribution >= 0.6 is 11.8 Å². The zero-order valence-corrected chi connectivity index (χ0v) is 15.2. The quantitative estimate of drug-likeness (QED) is 0.509. The molecule has 24 heavy (non-hydrogen) atoms. The van der Waals surface area contributed by atoms with Crippen LogP contribution in [0, 0.1) is 0 Å². The van der Waals surface area contributed by atoms with Gasteiger partial charge in [0.1, 0.15) is 11.4 Å². The van der Waals surface area contributed by atoms with Gasteiger partial charge in [-0.15, -0.1) is 11.8 Å². The summed E-state index contributed by atoms with van der Waals surface area (Å²) in [6.07, 6.45) is 3.25. The zero-order chi connectivity index (χ0) is 17.3. The highest BCUT2D eigenvalue weighted by Gasteiger charge is 2.17. The summed E-state index contributed by atoms with van der Waals surface area (Å²) in [5.74, 6) is 0.609. The Bertz CT molecular complexity index is 982. The van der Waals surface area contributed by atoms with E-state index in [0.29, 0.717) is 10.6 Å². The smallest absolute Gasteiger partial charge is 0.242 e. The number of sulfonamides is 1. The average molecular weight is 363 g/mol. The zero-order valence-electron chi connectivity index (χ0n) is 13.5. The molecule has 2 heterocycles. The van der Waals surface area contributed by atoms with Gasteiger partial charge in [-0.2, -0.15) is 5.10 Å². The van der Waals surface area contributed by atoms with Crippen LogP contribution in [0.3, 0.4) is 0 Å². The highest BCUT2D eigenvalue weighted by Crippen LogP contribution is 2.27. The van der Waals surface area contributed by atoms with E-state index >= 15 is 0 Å². The van der Waals surface area contributed by atoms with Gasteiger partial charge in [0.05, 0.1) is 16.5 Å². The SMILES string of the molecule is CN(C)S(=O)(=O)c1cccc(CSc2ncnc3c2cnn3C)c1. The van der Waals surface area contributed by atoms with Gasteiger partial charge in [0, 0.05) is 26.9 Å². The Morgan fingerprint density at radius 2 is 2.04 bits per heavy atom. The van der Waals surface area contributed by atoms with Crippen LogP contribution in [0.4, 0.5) is 0 Å². The lowest BCUT2D eigenvalue weighted by Crippen LogP contribution is -2.22. The Labute approximate surface area is 144 Å². The van der Waals surface area contributed by atoms with Crippen LogP contribution in [0.2, 0.25) is 0 Å². The summed E-state index contributed by atoms with van der Waals surface area (Å²) in [4.78, 5) is 8.81. The van der Waals surface area contributed by atoms with Crippen LogP contribution in [-0.4, -0.2) is 46.6 Å². The minimum absolute atomic E-state index is 0.291. The Kier molecular flexibility index (Phi) is 4.57. The molecule has 0 fully saturated rings. The molecule has 0 radical (unpaired) electrons. The van der Waals surface area contributed by atoms with Crippen molar-refractivity contribution in [2.75, 3.05) is 14.1 Å². The summed E-state index contributed by atoms with van der Waals surface area (Å²) in [7, 11) is 1.45. The molecular formula is C15H17N5O2S2. The summed E-state index contributed by atoms with van der Waals surface area (Å²) in [5, 5.41) is 5.91. The molecular weight excluding hydrogens is 346 g/mol. The minimum atomic E-state index is -3.43. The predicted molar refractivity (Wildman–Crippen MR) is 93.2 cm³/mol. The van der Waals surface area contributed by atoms with Crippen molar-refractivity contribution >= 4 is 32.8 Å². The van der Waals surface area contributed by atoms with Gasteiger partial charge in [-0.3, -0.25) is 4.68 Å². The van der Waals surface area contributed by atoms with Gasteiger partial charge in [0.15, 0.2) is 5.65 Å². The topological polar surface area (TPSA) is 81.0 Å². The van der Waals surface area contributed by atoms with E-state index in [2.05, 4.69) is 15.1 Å². The second-order valence-corrected chi connectivity index (χ2v) is 8.52. The fourth-order valence-electron chi connectivity index (χ4n) is 2.21. The lowest BCUT2D eigenvalue weighted by Gasteiger charge is -2.12. The third kappa shape index (κ3) is 3.14.